The van der Waals surface area contributed by atoms with E-state index in [0.29, 0.717) is 11.4 Å². The second-order valence-electron chi connectivity index (χ2n) is 3.92. The molecule has 96 valence electrons. The highest BCUT2D eigenvalue weighted by atomic mass is 32.2. The Morgan fingerprint density at radius 3 is 2.78 bits per heavy atom. The highest BCUT2D eigenvalue weighted by Crippen LogP contribution is 2.16. The molecule has 0 aliphatic rings. The third-order valence-electron chi connectivity index (χ3n) is 2.37. The maximum absolute atomic E-state index is 12.0. The number of anilines is 1. The largest absolute Gasteiger partial charge is 0.363 e. The molecule has 0 aliphatic heterocycles. The van der Waals surface area contributed by atoms with E-state index in [2.05, 4.69) is 14.7 Å². The minimum absolute atomic E-state index is 0.157. The van der Waals surface area contributed by atoms with Gasteiger partial charge in [-0.3, -0.25) is 9.71 Å². The second-order valence-corrected chi connectivity index (χ2v) is 5.60. The van der Waals surface area contributed by atoms with E-state index in [1.165, 1.54) is 18.5 Å². The van der Waals surface area contributed by atoms with Gasteiger partial charge in [-0.1, -0.05) is 0 Å². The second kappa shape index (κ2) is 4.79. The van der Waals surface area contributed by atoms with E-state index < -0.39 is 10.0 Å². The van der Waals surface area contributed by atoms with E-state index in [1.807, 2.05) is 6.92 Å². The molecular formula is C11H14N4O2S. The van der Waals surface area contributed by atoms with Crippen LogP contribution in [0, 0.1) is 6.92 Å². The predicted molar refractivity (Wildman–Crippen MR) is 68.5 cm³/mol. The van der Waals surface area contributed by atoms with Crippen LogP contribution >= 0.6 is 0 Å². The molecule has 0 radical (unpaired) electrons. The number of hydrogen-bond donors (Lipinski definition) is 3. The van der Waals surface area contributed by atoms with Crippen molar-refractivity contribution in [2.75, 3.05) is 4.72 Å². The average Bonchev–Trinajstić information content (AvgIpc) is 2.77. The molecule has 2 aromatic heterocycles. The molecule has 0 bridgehead atoms. The molecule has 0 unspecified atom stereocenters. The van der Waals surface area contributed by atoms with Crippen molar-refractivity contribution in [3.63, 3.8) is 0 Å². The van der Waals surface area contributed by atoms with Crippen LogP contribution in [0.1, 0.15) is 11.3 Å². The van der Waals surface area contributed by atoms with Crippen LogP contribution < -0.4 is 10.5 Å². The van der Waals surface area contributed by atoms with E-state index in [-0.39, 0.29) is 11.4 Å². The van der Waals surface area contributed by atoms with Crippen molar-refractivity contribution in [1.82, 2.24) is 9.97 Å². The summed E-state index contributed by atoms with van der Waals surface area (Å²) in [6, 6.07) is 3.21. The fourth-order valence-corrected chi connectivity index (χ4v) is 2.57. The van der Waals surface area contributed by atoms with Crippen LogP contribution in [0.25, 0.3) is 0 Å². The van der Waals surface area contributed by atoms with Gasteiger partial charge in [-0.2, -0.15) is 0 Å². The fraction of sp³-hybridized carbons (Fsp3) is 0.182. The summed E-state index contributed by atoms with van der Waals surface area (Å²) < 4.78 is 26.5. The Hall–Kier alpha value is -1.86. The molecule has 6 nitrogen and oxygen atoms in total. The van der Waals surface area contributed by atoms with Crippen LogP contribution in [0.3, 0.4) is 0 Å². The van der Waals surface area contributed by atoms with Crippen LogP contribution in [-0.4, -0.2) is 18.4 Å². The normalized spacial score (nSPS) is 11.4. The first-order valence-corrected chi connectivity index (χ1v) is 6.81. The molecule has 0 aromatic carbocycles. The number of nitrogens with one attached hydrogen (secondary N) is 2. The topological polar surface area (TPSA) is 101 Å². The van der Waals surface area contributed by atoms with Gasteiger partial charge in [-0.05, 0) is 24.6 Å². The Morgan fingerprint density at radius 1 is 1.39 bits per heavy atom. The first-order chi connectivity index (χ1) is 8.51. The highest BCUT2D eigenvalue weighted by molar-refractivity contribution is 7.92. The Morgan fingerprint density at radius 2 is 2.17 bits per heavy atom. The summed E-state index contributed by atoms with van der Waals surface area (Å²) in [4.78, 5) is 6.88. The first kappa shape index (κ1) is 12.6. The molecule has 2 rings (SSSR count). The summed E-state index contributed by atoms with van der Waals surface area (Å²) in [5, 5.41) is 0. The standard InChI is InChI=1S/C11H14N4O2S/c1-8-2-10(6-13-5-8)15-18(16,17)11-3-9(4-12)14-7-11/h2-3,5-7,14-15H,4,12H2,1H3. The predicted octanol–water partition coefficient (Wildman–Crippen LogP) is 0.978. The van der Waals surface area contributed by atoms with E-state index in [0.717, 1.165) is 5.56 Å². The fourth-order valence-electron chi connectivity index (χ4n) is 1.52. The molecule has 0 saturated heterocycles. The van der Waals surface area contributed by atoms with E-state index in [9.17, 15) is 8.42 Å². The van der Waals surface area contributed by atoms with Crippen molar-refractivity contribution in [3.8, 4) is 0 Å². The van der Waals surface area contributed by atoms with Crippen molar-refractivity contribution in [2.45, 2.75) is 18.4 Å². The molecule has 0 atom stereocenters. The number of hydrogen-bond acceptors (Lipinski definition) is 4. The van der Waals surface area contributed by atoms with Gasteiger partial charge in [0, 0.05) is 24.6 Å². The van der Waals surface area contributed by atoms with Crippen molar-refractivity contribution in [2.24, 2.45) is 5.73 Å². The van der Waals surface area contributed by atoms with Gasteiger partial charge in [0.2, 0.25) is 0 Å². The molecule has 2 heterocycles. The third-order valence-corrected chi connectivity index (χ3v) is 3.73. The summed E-state index contributed by atoms with van der Waals surface area (Å²) in [6.45, 7) is 2.11. The van der Waals surface area contributed by atoms with Crippen molar-refractivity contribution in [1.29, 1.82) is 0 Å². The van der Waals surface area contributed by atoms with Crippen LogP contribution in [-0.2, 0) is 16.6 Å². The molecule has 0 saturated carbocycles. The van der Waals surface area contributed by atoms with Gasteiger partial charge in [0.25, 0.3) is 10.0 Å². The summed E-state index contributed by atoms with van der Waals surface area (Å²) in [5.74, 6) is 0. The smallest absolute Gasteiger partial charge is 0.263 e. The van der Waals surface area contributed by atoms with Gasteiger partial charge < -0.3 is 10.7 Å². The monoisotopic (exact) mass is 266 g/mol. The lowest BCUT2D eigenvalue weighted by atomic mass is 10.3. The SMILES string of the molecule is Cc1cncc(NS(=O)(=O)c2c[nH]c(CN)c2)c1. The van der Waals surface area contributed by atoms with Crippen molar-refractivity contribution >= 4 is 15.7 Å². The van der Waals surface area contributed by atoms with Gasteiger partial charge in [-0.25, -0.2) is 8.42 Å². The van der Waals surface area contributed by atoms with Gasteiger partial charge in [0.15, 0.2) is 0 Å². The quantitative estimate of drug-likeness (QED) is 0.767. The minimum atomic E-state index is -3.60. The average molecular weight is 266 g/mol. The number of rotatable bonds is 4. The highest BCUT2D eigenvalue weighted by Gasteiger charge is 2.16. The lowest BCUT2D eigenvalue weighted by molar-refractivity contribution is 0.601. The number of pyridine rings is 1. The molecular weight excluding hydrogens is 252 g/mol. The number of aromatic nitrogens is 2. The van der Waals surface area contributed by atoms with E-state index in [4.69, 9.17) is 5.73 Å². The van der Waals surface area contributed by atoms with Crippen LogP contribution in [0.2, 0.25) is 0 Å². The number of aryl methyl sites for hydroxylation is 1. The summed E-state index contributed by atoms with van der Waals surface area (Å²) in [6.07, 6.45) is 4.52. The molecule has 0 spiro atoms. The van der Waals surface area contributed by atoms with Crippen LogP contribution in [0.5, 0.6) is 0 Å². The maximum atomic E-state index is 12.0. The van der Waals surface area contributed by atoms with Gasteiger partial charge in [0.05, 0.1) is 11.9 Å². The summed E-state index contributed by atoms with van der Waals surface area (Å²) >= 11 is 0. The minimum Gasteiger partial charge on any atom is -0.363 e. The van der Waals surface area contributed by atoms with Gasteiger partial charge >= 0.3 is 0 Å². The van der Waals surface area contributed by atoms with Gasteiger partial charge in [-0.15, -0.1) is 0 Å². The van der Waals surface area contributed by atoms with Crippen LogP contribution in [0.15, 0.2) is 35.6 Å². The number of nitrogens with two attached hydrogens (primary N) is 1. The summed E-state index contributed by atoms with van der Waals surface area (Å²) in [7, 11) is -3.60. The Labute approximate surface area is 105 Å². The molecule has 4 N–H and O–H groups in total. The van der Waals surface area contributed by atoms with Crippen molar-refractivity contribution in [3.05, 3.63) is 42.0 Å². The van der Waals surface area contributed by atoms with Crippen molar-refractivity contribution < 1.29 is 8.42 Å². The van der Waals surface area contributed by atoms with E-state index >= 15 is 0 Å². The molecule has 18 heavy (non-hydrogen) atoms. The molecule has 7 heteroatoms. The molecule has 0 amide bonds. The zero-order valence-corrected chi connectivity index (χ0v) is 10.7. The Balaban J connectivity index is 2.27. The zero-order chi connectivity index (χ0) is 13.2. The number of nitrogens with zero attached hydrogens (tertiary/aromatic N) is 1. The number of sulfonamides is 1. The Kier molecular flexibility index (Phi) is 3.35. The third kappa shape index (κ3) is 2.69. The van der Waals surface area contributed by atoms with Crippen LogP contribution in [0.4, 0.5) is 5.69 Å². The molecule has 2 aromatic rings. The first-order valence-electron chi connectivity index (χ1n) is 5.33. The van der Waals surface area contributed by atoms with E-state index in [1.54, 1.807) is 12.3 Å². The zero-order valence-electron chi connectivity index (χ0n) is 9.84. The molecule has 0 aliphatic carbocycles. The Bertz CT molecular complexity index is 649. The lowest BCUT2D eigenvalue weighted by Gasteiger charge is -2.06. The summed E-state index contributed by atoms with van der Waals surface area (Å²) in [5.41, 5.74) is 7.40. The lowest BCUT2D eigenvalue weighted by Crippen LogP contribution is -2.12. The van der Waals surface area contributed by atoms with Gasteiger partial charge in [0.1, 0.15) is 4.90 Å². The number of H-pyrrole nitrogens is 1. The number of aromatic amines is 1. The molecule has 0 fully saturated rings. The maximum Gasteiger partial charge on any atom is 0.263 e.